The van der Waals surface area contributed by atoms with Crippen molar-refractivity contribution in [2.45, 2.75) is 44.0 Å². The number of anilines is 2. The summed E-state index contributed by atoms with van der Waals surface area (Å²) in [6, 6.07) is 12.7. The van der Waals surface area contributed by atoms with Crippen LogP contribution in [0.2, 0.25) is 0 Å². The van der Waals surface area contributed by atoms with E-state index in [0.29, 0.717) is 13.0 Å². The molecule has 8 heteroatoms. The molecule has 0 aliphatic carbocycles. The third-order valence-corrected chi connectivity index (χ3v) is 7.20. The number of carbonyl (C=O) groups excluding carboxylic acids is 2. The van der Waals surface area contributed by atoms with Crippen LogP contribution in [0.3, 0.4) is 0 Å². The molecule has 0 radical (unpaired) electrons. The van der Waals surface area contributed by atoms with Crippen LogP contribution in [0.1, 0.15) is 31.4 Å². The second-order valence-corrected chi connectivity index (χ2v) is 9.57. The first kappa shape index (κ1) is 20.6. The van der Waals surface area contributed by atoms with Crippen molar-refractivity contribution >= 4 is 33.2 Å². The zero-order valence-corrected chi connectivity index (χ0v) is 17.9. The van der Waals surface area contributed by atoms with E-state index in [-0.39, 0.29) is 35.7 Å². The molecular formula is C22H25N3O4S. The second kappa shape index (κ2) is 7.85. The average Bonchev–Trinajstić information content (AvgIpc) is 3.27. The molecule has 2 aliphatic rings. The summed E-state index contributed by atoms with van der Waals surface area (Å²) in [6.07, 6.45) is 1.52. The third-order valence-electron chi connectivity index (χ3n) is 5.74. The van der Waals surface area contributed by atoms with Crippen molar-refractivity contribution in [3.8, 4) is 0 Å². The number of nitrogens with one attached hydrogen (secondary N) is 1. The van der Waals surface area contributed by atoms with Gasteiger partial charge in [0.1, 0.15) is 0 Å². The number of hydrogen-bond donors (Lipinski definition) is 1. The summed E-state index contributed by atoms with van der Waals surface area (Å²) >= 11 is 0. The van der Waals surface area contributed by atoms with Crippen LogP contribution in [-0.2, 0) is 32.5 Å². The van der Waals surface area contributed by atoms with Crippen LogP contribution in [0.25, 0.3) is 0 Å². The summed E-state index contributed by atoms with van der Waals surface area (Å²) in [7, 11) is -3.74. The molecule has 1 N–H and O–H groups in total. The maximum atomic E-state index is 12.7. The maximum Gasteiger partial charge on any atom is 0.240 e. The van der Waals surface area contributed by atoms with Crippen LogP contribution in [0.15, 0.2) is 47.4 Å². The van der Waals surface area contributed by atoms with Gasteiger partial charge < -0.3 is 9.80 Å². The summed E-state index contributed by atoms with van der Waals surface area (Å²) in [4.78, 5) is 28.0. The van der Waals surface area contributed by atoms with E-state index < -0.39 is 10.0 Å². The molecule has 2 heterocycles. The fourth-order valence-electron chi connectivity index (χ4n) is 4.31. The number of para-hydroxylation sites is 1. The van der Waals surface area contributed by atoms with Gasteiger partial charge in [0.05, 0.1) is 4.90 Å². The van der Waals surface area contributed by atoms with Gasteiger partial charge in [-0.25, -0.2) is 13.1 Å². The number of rotatable bonds is 5. The van der Waals surface area contributed by atoms with Gasteiger partial charge >= 0.3 is 0 Å². The Morgan fingerprint density at radius 2 is 1.87 bits per heavy atom. The van der Waals surface area contributed by atoms with Gasteiger partial charge in [-0.3, -0.25) is 9.59 Å². The van der Waals surface area contributed by atoms with Gasteiger partial charge in [-0.15, -0.1) is 0 Å². The van der Waals surface area contributed by atoms with E-state index in [1.165, 1.54) is 13.0 Å². The normalized spacial score (nSPS) is 17.7. The predicted octanol–water partition coefficient (Wildman–Crippen LogP) is 2.24. The lowest BCUT2D eigenvalue weighted by molar-refractivity contribution is -0.119. The summed E-state index contributed by atoms with van der Waals surface area (Å²) < 4.78 is 27.9. The first-order valence-electron chi connectivity index (χ1n) is 10.1. The van der Waals surface area contributed by atoms with E-state index >= 15 is 0 Å². The highest BCUT2D eigenvalue weighted by molar-refractivity contribution is 7.89. The van der Waals surface area contributed by atoms with Gasteiger partial charge in [-0.05, 0) is 55.2 Å². The minimum absolute atomic E-state index is 0.0310. The topological polar surface area (TPSA) is 86.8 Å². The van der Waals surface area contributed by atoms with Gasteiger partial charge in [-0.1, -0.05) is 18.2 Å². The smallest absolute Gasteiger partial charge is 0.240 e. The summed E-state index contributed by atoms with van der Waals surface area (Å²) in [5.74, 6) is -0.153. The first-order chi connectivity index (χ1) is 14.3. The Labute approximate surface area is 176 Å². The van der Waals surface area contributed by atoms with E-state index in [2.05, 4.69) is 4.72 Å². The monoisotopic (exact) mass is 427 g/mol. The highest BCUT2D eigenvalue weighted by atomic mass is 32.2. The highest BCUT2D eigenvalue weighted by Crippen LogP contribution is 2.32. The molecular weight excluding hydrogens is 402 g/mol. The Balaban J connectivity index is 1.41. The molecule has 0 aromatic heterocycles. The van der Waals surface area contributed by atoms with Gasteiger partial charge in [0.25, 0.3) is 0 Å². The zero-order chi connectivity index (χ0) is 21.5. The van der Waals surface area contributed by atoms with Gasteiger partial charge in [-0.2, -0.15) is 0 Å². The minimum Gasteiger partial charge on any atom is -0.312 e. The Morgan fingerprint density at radius 1 is 1.10 bits per heavy atom. The molecule has 7 nitrogen and oxygen atoms in total. The molecule has 2 amide bonds. The third kappa shape index (κ3) is 3.73. The lowest BCUT2D eigenvalue weighted by atomic mass is 10.1. The maximum absolute atomic E-state index is 12.7. The van der Waals surface area contributed by atoms with Crippen LogP contribution in [0, 0.1) is 0 Å². The Kier molecular flexibility index (Phi) is 5.38. The van der Waals surface area contributed by atoms with Crippen LogP contribution in [0.4, 0.5) is 11.4 Å². The Bertz CT molecular complexity index is 1110. The van der Waals surface area contributed by atoms with E-state index in [1.807, 2.05) is 31.2 Å². The minimum atomic E-state index is -3.74. The van der Waals surface area contributed by atoms with E-state index in [0.717, 1.165) is 28.9 Å². The molecule has 2 aromatic rings. The quantitative estimate of drug-likeness (QED) is 0.793. The van der Waals surface area contributed by atoms with Gasteiger partial charge in [0.2, 0.25) is 21.8 Å². The van der Waals surface area contributed by atoms with Crippen molar-refractivity contribution in [1.82, 2.24) is 4.72 Å². The molecule has 158 valence electrons. The van der Waals surface area contributed by atoms with Crippen molar-refractivity contribution in [2.24, 2.45) is 0 Å². The van der Waals surface area contributed by atoms with Crippen molar-refractivity contribution in [3.05, 3.63) is 53.6 Å². The largest absolute Gasteiger partial charge is 0.312 e. The molecule has 0 spiro atoms. The van der Waals surface area contributed by atoms with Gasteiger partial charge in [0, 0.05) is 43.9 Å². The zero-order valence-electron chi connectivity index (χ0n) is 17.1. The van der Waals surface area contributed by atoms with Crippen LogP contribution in [0.5, 0.6) is 0 Å². The lowest BCUT2D eigenvalue weighted by Crippen LogP contribution is -2.38. The Hall–Kier alpha value is -2.71. The summed E-state index contributed by atoms with van der Waals surface area (Å²) in [5, 5.41) is 0. The molecule has 1 atom stereocenters. The number of sulfonamides is 1. The van der Waals surface area contributed by atoms with E-state index in [1.54, 1.807) is 21.9 Å². The molecule has 2 aliphatic heterocycles. The van der Waals surface area contributed by atoms with Crippen LogP contribution in [-0.4, -0.2) is 39.4 Å². The molecule has 0 saturated carbocycles. The Morgan fingerprint density at radius 3 is 2.63 bits per heavy atom. The summed E-state index contributed by atoms with van der Waals surface area (Å²) in [6.45, 7) is 4.09. The fourth-order valence-corrected chi connectivity index (χ4v) is 5.40. The lowest BCUT2D eigenvalue weighted by Gasteiger charge is -2.22. The molecule has 4 rings (SSSR count). The van der Waals surface area contributed by atoms with Gasteiger partial charge in [0.15, 0.2) is 0 Å². The number of fused-ring (bicyclic) bond motifs is 2. The molecule has 0 fully saturated rings. The summed E-state index contributed by atoms with van der Waals surface area (Å²) in [5.41, 5.74) is 3.65. The number of hydrogen-bond acceptors (Lipinski definition) is 4. The second-order valence-electron chi connectivity index (χ2n) is 7.80. The van der Waals surface area contributed by atoms with E-state index in [4.69, 9.17) is 0 Å². The average molecular weight is 428 g/mol. The molecule has 2 aromatic carbocycles. The van der Waals surface area contributed by atoms with Crippen LogP contribution >= 0.6 is 0 Å². The molecule has 0 bridgehead atoms. The number of amides is 2. The molecule has 0 unspecified atom stereocenters. The molecule has 0 saturated heterocycles. The van der Waals surface area contributed by atoms with Crippen molar-refractivity contribution < 1.29 is 18.0 Å². The SMILES string of the molecule is CC(=O)N1CCc2cc(S(=O)(=O)NCCC(=O)N3c4ccccc4C[C@@H]3C)ccc21. The number of benzene rings is 2. The predicted molar refractivity (Wildman–Crippen MR) is 115 cm³/mol. The first-order valence-corrected chi connectivity index (χ1v) is 11.6. The fraction of sp³-hybridized carbons (Fsp3) is 0.364. The molecule has 30 heavy (non-hydrogen) atoms. The standard InChI is InChI=1S/C22H25N3O4S/c1-15-13-17-5-3-4-6-21(17)25(15)22(27)9-11-23-30(28,29)19-7-8-20-18(14-19)10-12-24(20)16(2)26/h3-8,14-15,23H,9-13H2,1-2H3/t15-/m0/s1. The number of carbonyl (C=O) groups is 2. The highest BCUT2D eigenvalue weighted by Gasteiger charge is 2.30. The van der Waals surface area contributed by atoms with Crippen LogP contribution < -0.4 is 14.5 Å². The van der Waals surface area contributed by atoms with Crippen molar-refractivity contribution in [3.63, 3.8) is 0 Å². The van der Waals surface area contributed by atoms with Crippen molar-refractivity contribution in [1.29, 1.82) is 0 Å². The van der Waals surface area contributed by atoms with Crippen molar-refractivity contribution in [2.75, 3.05) is 22.9 Å². The van der Waals surface area contributed by atoms with E-state index in [9.17, 15) is 18.0 Å². The number of nitrogens with zero attached hydrogens (tertiary/aromatic N) is 2.